The summed E-state index contributed by atoms with van der Waals surface area (Å²) in [5.74, 6) is 0.442. The number of hydrogen-bond donors (Lipinski definition) is 0. The Morgan fingerprint density at radius 2 is 2.05 bits per heavy atom. The van der Waals surface area contributed by atoms with Gasteiger partial charge in [0.2, 0.25) is 0 Å². The van der Waals surface area contributed by atoms with Crippen LogP contribution < -0.4 is 5.56 Å². The standard InChI is InChI=1S/C12H9Cl2N3O3/c1-7-15-11(14)5-12(18)16(7)6-8-2-3-9(17(19)20)4-10(8)13/h2-5H,6H2,1H3. The Bertz CT molecular complexity index is 743. The number of nitro groups is 1. The lowest BCUT2D eigenvalue weighted by Crippen LogP contribution is -2.23. The maximum Gasteiger partial charge on any atom is 0.270 e. The van der Waals surface area contributed by atoms with Crippen LogP contribution in [-0.4, -0.2) is 14.5 Å². The van der Waals surface area contributed by atoms with Crippen molar-refractivity contribution in [1.29, 1.82) is 0 Å². The van der Waals surface area contributed by atoms with Crippen molar-refractivity contribution in [3.8, 4) is 0 Å². The number of aromatic nitrogens is 2. The Labute approximate surface area is 123 Å². The van der Waals surface area contributed by atoms with Crippen molar-refractivity contribution in [3.63, 3.8) is 0 Å². The first-order valence-electron chi connectivity index (χ1n) is 5.55. The number of benzene rings is 1. The van der Waals surface area contributed by atoms with Gasteiger partial charge in [-0.2, -0.15) is 0 Å². The van der Waals surface area contributed by atoms with Crippen molar-refractivity contribution in [2.75, 3.05) is 0 Å². The van der Waals surface area contributed by atoms with Gasteiger partial charge in [0.15, 0.2) is 0 Å². The number of aryl methyl sites for hydroxylation is 1. The van der Waals surface area contributed by atoms with Crippen LogP contribution in [0.5, 0.6) is 0 Å². The second kappa shape index (κ2) is 5.60. The largest absolute Gasteiger partial charge is 0.292 e. The van der Waals surface area contributed by atoms with Gasteiger partial charge in [-0.3, -0.25) is 19.5 Å². The molecule has 0 saturated carbocycles. The molecular formula is C12H9Cl2N3O3. The Morgan fingerprint density at radius 3 is 2.60 bits per heavy atom. The van der Waals surface area contributed by atoms with E-state index in [1.54, 1.807) is 6.92 Å². The predicted octanol–water partition coefficient (Wildman–Crippen LogP) is 2.82. The third kappa shape index (κ3) is 2.97. The number of nitrogens with zero attached hydrogens (tertiary/aromatic N) is 3. The molecule has 0 N–H and O–H groups in total. The number of non-ortho nitro benzene ring substituents is 1. The summed E-state index contributed by atoms with van der Waals surface area (Å²) in [4.78, 5) is 25.9. The lowest BCUT2D eigenvalue weighted by Gasteiger charge is -2.10. The Hall–Kier alpha value is -1.92. The second-order valence-electron chi connectivity index (χ2n) is 4.08. The van der Waals surface area contributed by atoms with E-state index in [0.29, 0.717) is 11.4 Å². The summed E-state index contributed by atoms with van der Waals surface area (Å²) in [7, 11) is 0. The number of halogens is 2. The van der Waals surface area contributed by atoms with Crippen LogP contribution in [0, 0.1) is 17.0 Å². The summed E-state index contributed by atoms with van der Waals surface area (Å²) in [6, 6.07) is 5.31. The van der Waals surface area contributed by atoms with Gasteiger partial charge < -0.3 is 0 Å². The predicted molar refractivity (Wildman–Crippen MR) is 75.5 cm³/mol. The summed E-state index contributed by atoms with van der Waals surface area (Å²) in [6.07, 6.45) is 0. The topological polar surface area (TPSA) is 78.0 Å². The van der Waals surface area contributed by atoms with Gasteiger partial charge in [0.25, 0.3) is 11.2 Å². The zero-order valence-electron chi connectivity index (χ0n) is 10.3. The quantitative estimate of drug-likeness (QED) is 0.496. The molecule has 2 aromatic rings. The first-order chi connectivity index (χ1) is 9.38. The number of nitro benzene ring substituents is 1. The normalized spacial score (nSPS) is 10.6. The van der Waals surface area contributed by atoms with Crippen LogP contribution in [0.2, 0.25) is 10.2 Å². The van der Waals surface area contributed by atoms with E-state index in [9.17, 15) is 14.9 Å². The van der Waals surface area contributed by atoms with Crippen molar-refractivity contribution in [1.82, 2.24) is 9.55 Å². The fourth-order valence-electron chi connectivity index (χ4n) is 1.73. The lowest BCUT2D eigenvalue weighted by molar-refractivity contribution is -0.384. The van der Waals surface area contributed by atoms with Gasteiger partial charge >= 0.3 is 0 Å². The summed E-state index contributed by atoms with van der Waals surface area (Å²) < 4.78 is 1.39. The van der Waals surface area contributed by atoms with Crippen molar-refractivity contribution >= 4 is 28.9 Å². The van der Waals surface area contributed by atoms with E-state index in [4.69, 9.17) is 23.2 Å². The molecule has 104 valence electrons. The molecule has 0 aliphatic rings. The average molecular weight is 314 g/mol. The molecule has 2 rings (SSSR count). The van der Waals surface area contributed by atoms with Gasteiger partial charge in [0.1, 0.15) is 11.0 Å². The van der Waals surface area contributed by atoms with Crippen molar-refractivity contribution in [2.24, 2.45) is 0 Å². The van der Waals surface area contributed by atoms with Crippen LogP contribution in [0.25, 0.3) is 0 Å². The van der Waals surface area contributed by atoms with Crippen molar-refractivity contribution in [2.45, 2.75) is 13.5 Å². The maximum absolute atomic E-state index is 11.8. The summed E-state index contributed by atoms with van der Waals surface area (Å²) in [6.45, 7) is 1.82. The molecule has 0 atom stereocenters. The molecule has 0 spiro atoms. The summed E-state index contributed by atoms with van der Waals surface area (Å²) in [5, 5.41) is 11.0. The second-order valence-corrected chi connectivity index (χ2v) is 4.88. The van der Waals surface area contributed by atoms with Gasteiger partial charge in [-0.05, 0) is 18.6 Å². The highest BCUT2D eigenvalue weighted by molar-refractivity contribution is 6.31. The highest BCUT2D eigenvalue weighted by atomic mass is 35.5. The molecule has 0 radical (unpaired) electrons. The van der Waals surface area contributed by atoms with Crippen LogP contribution in [0.4, 0.5) is 5.69 Å². The number of rotatable bonds is 3. The van der Waals surface area contributed by atoms with Crippen LogP contribution in [0.3, 0.4) is 0 Å². The molecule has 1 aromatic carbocycles. The van der Waals surface area contributed by atoms with E-state index < -0.39 is 4.92 Å². The van der Waals surface area contributed by atoms with E-state index in [-0.39, 0.29) is 28.0 Å². The molecule has 0 bridgehead atoms. The molecule has 6 nitrogen and oxygen atoms in total. The molecule has 1 aromatic heterocycles. The van der Waals surface area contributed by atoms with Gasteiger partial charge in [-0.15, -0.1) is 0 Å². The number of hydrogen-bond acceptors (Lipinski definition) is 4. The molecule has 0 fully saturated rings. The SMILES string of the molecule is Cc1nc(Cl)cc(=O)n1Cc1ccc([N+](=O)[O-])cc1Cl. The molecule has 0 amide bonds. The molecule has 0 unspecified atom stereocenters. The highest BCUT2D eigenvalue weighted by Gasteiger charge is 2.11. The molecule has 0 aliphatic carbocycles. The molecule has 8 heteroatoms. The van der Waals surface area contributed by atoms with Gasteiger partial charge in [-0.25, -0.2) is 4.98 Å². The zero-order chi connectivity index (χ0) is 14.9. The van der Waals surface area contributed by atoms with Crippen LogP contribution in [-0.2, 0) is 6.54 Å². The maximum atomic E-state index is 11.8. The van der Waals surface area contributed by atoms with Crippen LogP contribution in [0.15, 0.2) is 29.1 Å². The van der Waals surface area contributed by atoms with Gasteiger partial charge in [-0.1, -0.05) is 23.2 Å². The first kappa shape index (κ1) is 14.5. The van der Waals surface area contributed by atoms with Crippen molar-refractivity contribution < 1.29 is 4.92 Å². The van der Waals surface area contributed by atoms with E-state index >= 15 is 0 Å². The fraction of sp³-hybridized carbons (Fsp3) is 0.167. The summed E-state index contributed by atoms with van der Waals surface area (Å²) >= 11 is 11.7. The minimum atomic E-state index is -0.531. The minimum Gasteiger partial charge on any atom is -0.292 e. The monoisotopic (exact) mass is 313 g/mol. The smallest absolute Gasteiger partial charge is 0.270 e. The van der Waals surface area contributed by atoms with E-state index in [1.165, 1.54) is 28.8 Å². The van der Waals surface area contributed by atoms with Crippen LogP contribution in [0.1, 0.15) is 11.4 Å². The van der Waals surface area contributed by atoms with Gasteiger partial charge in [0, 0.05) is 18.2 Å². The highest BCUT2D eigenvalue weighted by Crippen LogP contribution is 2.23. The van der Waals surface area contributed by atoms with Gasteiger partial charge in [0.05, 0.1) is 16.5 Å². The Balaban J connectivity index is 2.41. The molecule has 0 saturated heterocycles. The third-order valence-corrected chi connectivity index (χ3v) is 3.29. The molecule has 1 heterocycles. The Morgan fingerprint density at radius 1 is 1.35 bits per heavy atom. The first-order valence-corrected chi connectivity index (χ1v) is 6.31. The fourth-order valence-corrected chi connectivity index (χ4v) is 2.18. The molecule has 0 aliphatic heterocycles. The Kier molecular flexibility index (Phi) is 4.06. The minimum absolute atomic E-state index is 0.1000. The lowest BCUT2D eigenvalue weighted by atomic mass is 10.2. The van der Waals surface area contributed by atoms with E-state index in [0.717, 1.165) is 0 Å². The van der Waals surface area contributed by atoms with E-state index in [1.807, 2.05) is 0 Å². The van der Waals surface area contributed by atoms with Crippen LogP contribution >= 0.6 is 23.2 Å². The molecular weight excluding hydrogens is 305 g/mol. The summed E-state index contributed by atoms with van der Waals surface area (Å²) in [5.41, 5.74) is 0.181. The van der Waals surface area contributed by atoms with Crippen molar-refractivity contribution in [3.05, 3.63) is 66.3 Å². The molecule has 20 heavy (non-hydrogen) atoms. The average Bonchev–Trinajstić information content (AvgIpc) is 2.34. The third-order valence-electron chi connectivity index (χ3n) is 2.74. The van der Waals surface area contributed by atoms with E-state index in [2.05, 4.69) is 4.98 Å². The zero-order valence-corrected chi connectivity index (χ0v) is 11.9.